The second-order valence-corrected chi connectivity index (χ2v) is 5.97. The second-order valence-electron chi connectivity index (χ2n) is 5.97. The Morgan fingerprint density at radius 3 is 2.11 bits per heavy atom. The summed E-state index contributed by atoms with van der Waals surface area (Å²) >= 11 is 0. The number of fused-ring (bicyclic) bond motifs is 1. The highest BCUT2D eigenvalue weighted by atomic mass is 16.7. The molecule has 3 nitrogen and oxygen atoms in total. The third-order valence-electron chi connectivity index (χ3n) is 4.92. The molecule has 2 saturated heterocycles. The highest BCUT2D eigenvalue weighted by molar-refractivity contribution is 5.33. The SMILES string of the molecule is c1ccc2c(c1)CC(N1CCC3(CC1)OCCO3)C2. The lowest BCUT2D eigenvalue weighted by Gasteiger charge is -2.40. The molecule has 2 fully saturated rings. The first-order valence-corrected chi connectivity index (χ1v) is 7.43. The van der Waals surface area contributed by atoms with Crippen LogP contribution in [0.4, 0.5) is 0 Å². The first-order chi connectivity index (χ1) is 9.35. The van der Waals surface area contributed by atoms with Crippen molar-refractivity contribution in [3.05, 3.63) is 35.4 Å². The van der Waals surface area contributed by atoms with E-state index < -0.39 is 0 Å². The topological polar surface area (TPSA) is 21.7 Å². The van der Waals surface area contributed by atoms with Crippen LogP contribution in [-0.4, -0.2) is 43.0 Å². The second kappa shape index (κ2) is 4.58. The Balaban J connectivity index is 1.41. The van der Waals surface area contributed by atoms with Gasteiger partial charge in [0.2, 0.25) is 0 Å². The minimum atomic E-state index is -0.234. The minimum absolute atomic E-state index is 0.234. The van der Waals surface area contributed by atoms with E-state index in [1.807, 2.05) is 0 Å². The zero-order valence-electron chi connectivity index (χ0n) is 11.3. The average molecular weight is 259 g/mol. The summed E-state index contributed by atoms with van der Waals surface area (Å²) in [5, 5.41) is 0. The molecule has 1 spiro atoms. The molecular weight excluding hydrogens is 238 g/mol. The Hall–Kier alpha value is -0.900. The van der Waals surface area contributed by atoms with Gasteiger partial charge in [0.05, 0.1) is 13.2 Å². The van der Waals surface area contributed by atoms with Crippen LogP contribution in [0, 0.1) is 0 Å². The normalized spacial score (nSPS) is 26.9. The standard InChI is InChI=1S/C16H21NO2/c1-2-4-14-12-15(11-13(14)3-1)17-7-5-16(6-8-17)18-9-10-19-16/h1-4,15H,5-12H2. The van der Waals surface area contributed by atoms with Crippen molar-refractivity contribution in [2.75, 3.05) is 26.3 Å². The van der Waals surface area contributed by atoms with Gasteiger partial charge in [-0.1, -0.05) is 24.3 Å². The molecule has 1 aromatic rings. The van der Waals surface area contributed by atoms with Crippen LogP contribution < -0.4 is 0 Å². The first kappa shape index (κ1) is 11.9. The lowest BCUT2D eigenvalue weighted by molar-refractivity contribution is -0.187. The Morgan fingerprint density at radius 1 is 0.947 bits per heavy atom. The number of hydrogen-bond acceptors (Lipinski definition) is 3. The summed E-state index contributed by atoms with van der Waals surface area (Å²) in [6, 6.07) is 9.57. The van der Waals surface area contributed by atoms with Gasteiger partial charge in [-0.25, -0.2) is 0 Å². The van der Waals surface area contributed by atoms with Crippen molar-refractivity contribution in [2.45, 2.75) is 37.5 Å². The Bertz CT molecular complexity index is 433. The maximum absolute atomic E-state index is 5.81. The van der Waals surface area contributed by atoms with Crippen LogP contribution in [0.1, 0.15) is 24.0 Å². The number of ether oxygens (including phenoxy) is 2. The molecule has 19 heavy (non-hydrogen) atoms. The summed E-state index contributed by atoms with van der Waals surface area (Å²) in [4.78, 5) is 2.64. The highest BCUT2D eigenvalue weighted by Crippen LogP contribution is 2.34. The van der Waals surface area contributed by atoms with Crippen molar-refractivity contribution in [1.29, 1.82) is 0 Å². The summed E-state index contributed by atoms with van der Waals surface area (Å²) < 4.78 is 11.6. The van der Waals surface area contributed by atoms with Crippen molar-refractivity contribution >= 4 is 0 Å². The number of benzene rings is 1. The van der Waals surface area contributed by atoms with E-state index in [-0.39, 0.29) is 5.79 Å². The molecule has 2 heterocycles. The van der Waals surface area contributed by atoms with E-state index in [9.17, 15) is 0 Å². The van der Waals surface area contributed by atoms with Crippen molar-refractivity contribution < 1.29 is 9.47 Å². The smallest absolute Gasteiger partial charge is 0.170 e. The fraction of sp³-hybridized carbons (Fsp3) is 0.625. The van der Waals surface area contributed by atoms with Crippen LogP contribution in [0.2, 0.25) is 0 Å². The van der Waals surface area contributed by atoms with Crippen LogP contribution in [-0.2, 0) is 22.3 Å². The predicted molar refractivity (Wildman–Crippen MR) is 73.1 cm³/mol. The monoisotopic (exact) mass is 259 g/mol. The molecule has 0 amide bonds. The molecule has 0 N–H and O–H groups in total. The van der Waals surface area contributed by atoms with Crippen molar-refractivity contribution in [2.24, 2.45) is 0 Å². The molecule has 102 valence electrons. The molecule has 1 aliphatic carbocycles. The van der Waals surface area contributed by atoms with E-state index in [0.29, 0.717) is 6.04 Å². The number of nitrogens with zero attached hydrogens (tertiary/aromatic N) is 1. The molecule has 0 radical (unpaired) electrons. The fourth-order valence-electron chi connectivity index (χ4n) is 3.81. The number of rotatable bonds is 1. The van der Waals surface area contributed by atoms with Gasteiger partial charge < -0.3 is 9.47 Å². The number of likely N-dealkylation sites (tertiary alicyclic amines) is 1. The van der Waals surface area contributed by atoms with E-state index in [4.69, 9.17) is 9.47 Å². The molecule has 0 bridgehead atoms. The van der Waals surface area contributed by atoms with Crippen LogP contribution in [0.3, 0.4) is 0 Å². The van der Waals surface area contributed by atoms with Gasteiger partial charge in [-0.15, -0.1) is 0 Å². The third kappa shape index (κ3) is 2.10. The van der Waals surface area contributed by atoms with E-state index in [1.54, 1.807) is 11.1 Å². The number of piperidine rings is 1. The molecule has 2 aliphatic heterocycles. The summed E-state index contributed by atoms with van der Waals surface area (Å²) in [6.07, 6.45) is 4.48. The maximum atomic E-state index is 5.81. The predicted octanol–water partition coefficient (Wildman–Crippen LogP) is 1.99. The summed E-state index contributed by atoms with van der Waals surface area (Å²) in [7, 11) is 0. The van der Waals surface area contributed by atoms with Gasteiger partial charge in [0.15, 0.2) is 5.79 Å². The lowest BCUT2D eigenvalue weighted by atomic mass is 10.0. The minimum Gasteiger partial charge on any atom is -0.347 e. The zero-order valence-corrected chi connectivity index (χ0v) is 11.3. The Kier molecular flexibility index (Phi) is 2.87. The third-order valence-corrected chi connectivity index (χ3v) is 4.92. The maximum Gasteiger partial charge on any atom is 0.170 e. The molecule has 0 atom stereocenters. The lowest BCUT2D eigenvalue weighted by Crippen LogP contribution is -2.49. The van der Waals surface area contributed by atoms with Gasteiger partial charge >= 0.3 is 0 Å². The average Bonchev–Trinajstić information content (AvgIpc) is 3.06. The van der Waals surface area contributed by atoms with Gasteiger partial charge in [-0.05, 0) is 24.0 Å². The van der Waals surface area contributed by atoms with Crippen LogP contribution >= 0.6 is 0 Å². The van der Waals surface area contributed by atoms with Crippen LogP contribution in [0.5, 0.6) is 0 Å². The molecule has 0 aromatic heterocycles. The molecule has 0 saturated carbocycles. The Morgan fingerprint density at radius 2 is 1.53 bits per heavy atom. The van der Waals surface area contributed by atoms with Gasteiger partial charge in [0.1, 0.15) is 0 Å². The Labute approximate surface area is 114 Å². The van der Waals surface area contributed by atoms with Gasteiger partial charge in [0, 0.05) is 32.0 Å². The quantitative estimate of drug-likeness (QED) is 0.770. The van der Waals surface area contributed by atoms with Crippen molar-refractivity contribution in [3.63, 3.8) is 0 Å². The molecule has 3 aliphatic rings. The van der Waals surface area contributed by atoms with E-state index >= 15 is 0 Å². The van der Waals surface area contributed by atoms with Crippen molar-refractivity contribution in [1.82, 2.24) is 4.90 Å². The highest BCUT2D eigenvalue weighted by Gasteiger charge is 2.41. The van der Waals surface area contributed by atoms with E-state index in [2.05, 4.69) is 29.2 Å². The molecule has 1 aromatic carbocycles. The van der Waals surface area contributed by atoms with Crippen LogP contribution in [0.15, 0.2) is 24.3 Å². The van der Waals surface area contributed by atoms with Gasteiger partial charge in [-0.2, -0.15) is 0 Å². The first-order valence-electron chi connectivity index (χ1n) is 7.43. The zero-order chi connectivity index (χ0) is 12.7. The van der Waals surface area contributed by atoms with Gasteiger partial charge in [-0.3, -0.25) is 4.90 Å². The largest absolute Gasteiger partial charge is 0.347 e. The molecule has 4 rings (SSSR count). The van der Waals surface area contributed by atoms with Crippen molar-refractivity contribution in [3.8, 4) is 0 Å². The molecular formula is C16H21NO2. The summed E-state index contributed by atoms with van der Waals surface area (Å²) in [5.41, 5.74) is 3.09. The van der Waals surface area contributed by atoms with Crippen LogP contribution in [0.25, 0.3) is 0 Å². The van der Waals surface area contributed by atoms with E-state index in [1.165, 1.54) is 12.8 Å². The molecule has 0 unspecified atom stereocenters. The fourth-order valence-corrected chi connectivity index (χ4v) is 3.81. The summed E-state index contributed by atoms with van der Waals surface area (Å²) in [5.74, 6) is -0.234. The number of hydrogen-bond donors (Lipinski definition) is 0. The van der Waals surface area contributed by atoms with E-state index in [0.717, 1.165) is 39.1 Å². The molecule has 3 heteroatoms. The van der Waals surface area contributed by atoms with Gasteiger partial charge in [0.25, 0.3) is 0 Å². The summed E-state index contributed by atoms with van der Waals surface area (Å²) in [6.45, 7) is 3.76.